The molecular weight excluding hydrogens is 484 g/mol. The zero-order valence-electron chi connectivity index (χ0n) is 23.1. The first-order chi connectivity index (χ1) is 19.1. The van der Waals surface area contributed by atoms with Crippen molar-refractivity contribution < 1.29 is 9.53 Å². The molecule has 39 heavy (non-hydrogen) atoms. The van der Waals surface area contributed by atoms with E-state index < -0.39 is 0 Å². The predicted molar refractivity (Wildman–Crippen MR) is 157 cm³/mol. The van der Waals surface area contributed by atoms with Crippen LogP contribution in [-0.2, 0) is 12.8 Å². The van der Waals surface area contributed by atoms with Gasteiger partial charge in [0.1, 0.15) is 17.4 Å². The van der Waals surface area contributed by atoms with E-state index in [-0.39, 0.29) is 5.91 Å². The topological polar surface area (TPSA) is 58.6 Å². The quantitative estimate of drug-likeness (QED) is 0.301. The Morgan fingerprint density at radius 2 is 1.56 bits per heavy atom. The maximum Gasteiger partial charge on any atom is 0.253 e. The Labute approximate surface area is 231 Å². The lowest BCUT2D eigenvalue weighted by atomic mass is 10.0. The molecule has 6 heteroatoms. The smallest absolute Gasteiger partial charge is 0.253 e. The van der Waals surface area contributed by atoms with Crippen LogP contribution in [0.25, 0.3) is 11.1 Å². The first kappa shape index (κ1) is 26.4. The number of amides is 1. The molecule has 6 nitrogen and oxygen atoms in total. The van der Waals surface area contributed by atoms with Gasteiger partial charge >= 0.3 is 0 Å². The number of hydrogen-bond acceptors (Lipinski definition) is 5. The molecule has 0 atom stereocenters. The molecule has 1 aliphatic heterocycles. The minimum Gasteiger partial charge on any atom is -0.497 e. The monoisotopic (exact) mass is 520 g/mol. The summed E-state index contributed by atoms with van der Waals surface area (Å²) in [6, 6.07) is 26.4. The summed E-state index contributed by atoms with van der Waals surface area (Å²) < 4.78 is 5.34. The van der Waals surface area contributed by atoms with Crippen molar-refractivity contribution in [3.05, 3.63) is 107 Å². The Morgan fingerprint density at radius 1 is 0.846 bits per heavy atom. The molecule has 1 aromatic heterocycles. The molecule has 3 aromatic carbocycles. The molecule has 1 aliphatic rings. The van der Waals surface area contributed by atoms with Gasteiger partial charge in [-0.05, 0) is 60.7 Å². The summed E-state index contributed by atoms with van der Waals surface area (Å²) >= 11 is 0. The molecule has 0 radical (unpaired) electrons. The third-order valence-corrected chi connectivity index (χ3v) is 7.38. The summed E-state index contributed by atoms with van der Waals surface area (Å²) in [5, 5.41) is 0. The summed E-state index contributed by atoms with van der Waals surface area (Å²) in [6.45, 7) is 7.09. The summed E-state index contributed by atoms with van der Waals surface area (Å²) in [5.74, 6) is 2.72. The van der Waals surface area contributed by atoms with Crippen LogP contribution in [0.3, 0.4) is 0 Å². The van der Waals surface area contributed by atoms with Gasteiger partial charge in [0.05, 0.1) is 7.11 Å². The van der Waals surface area contributed by atoms with Crippen LogP contribution in [-0.4, -0.2) is 54.1 Å². The molecule has 0 unspecified atom stereocenters. The van der Waals surface area contributed by atoms with Crippen molar-refractivity contribution in [3.8, 4) is 16.9 Å². The molecular formula is C33H36N4O2. The number of carbonyl (C=O) groups is 1. The molecule has 2 heterocycles. The first-order valence-electron chi connectivity index (χ1n) is 13.7. The van der Waals surface area contributed by atoms with Gasteiger partial charge in [0.15, 0.2) is 0 Å². The largest absolute Gasteiger partial charge is 0.497 e. The van der Waals surface area contributed by atoms with Crippen LogP contribution in [0.2, 0.25) is 0 Å². The Kier molecular flexibility index (Phi) is 8.21. The highest BCUT2D eigenvalue weighted by Gasteiger charge is 2.24. The van der Waals surface area contributed by atoms with Crippen LogP contribution < -0.4 is 9.64 Å². The molecule has 0 bridgehead atoms. The summed E-state index contributed by atoms with van der Waals surface area (Å²) in [5.41, 5.74) is 6.45. The van der Waals surface area contributed by atoms with Gasteiger partial charge in [-0.2, -0.15) is 0 Å². The van der Waals surface area contributed by atoms with Gasteiger partial charge in [0.2, 0.25) is 0 Å². The van der Waals surface area contributed by atoms with E-state index in [9.17, 15) is 4.79 Å². The van der Waals surface area contributed by atoms with Crippen molar-refractivity contribution in [1.29, 1.82) is 0 Å². The Hall–Kier alpha value is -4.19. The van der Waals surface area contributed by atoms with Gasteiger partial charge in [-0.1, -0.05) is 61.5 Å². The average Bonchev–Trinajstić information content (AvgIpc) is 3.25. The molecule has 200 valence electrons. The summed E-state index contributed by atoms with van der Waals surface area (Å²) in [6.07, 6.45) is 2.50. The van der Waals surface area contributed by atoms with Crippen LogP contribution in [0.1, 0.15) is 46.3 Å². The SMILES string of the molecule is CCc1nc(C)nc(N2CCCN(C(=O)c3ccc(-c4ccccc4)cc3)CC2)c1Cc1ccc(OC)cc1. The van der Waals surface area contributed by atoms with Crippen LogP contribution >= 0.6 is 0 Å². The van der Waals surface area contributed by atoms with E-state index in [1.165, 1.54) is 11.1 Å². The van der Waals surface area contributed by atoms with Crippen molar-refractivity contribution in [3.63, 3.8) is 0 Å². The fourth-order valence-electron chi connectivity index (χ4n) is 5.27. The molecule has 1 fully saturated rings. The molecule has 0 N–H and O–H groups in total. The van der Waals surface area contributed by atoms with E-state index in [1.54, 1.807) is 7.11 Å². The number of anilines is 1. The number of nitrogens with zero attached hydrogens (tertiary/aromatic N) is 4. The zero-order valence-corrected chi connectivity index (χ0v) is 23.1. The van der Waals surface area contributed by atoms with Gasteiger partial charge in [-0.25, -0.2) is 9.97 Å². The number of methoxy groups -OCH3 is 1. The second-order valence-electron chi connectivity index (χ2n) is 9.97. The van der Waals surface area contributed by atoms with E-state index >= 15 is 0 Å². The highest BCUT2D eigenvalue weighted by molar-refractivity contribution is 5.94. The number of benzene rings is 3. The van der Waals surface area contributed by atoms with E-state index in [4.69, 9.17) is 14.7 Å². The van der Waals surface area contributed by atoms with Crippen LogP contribution in [0.5, 0.6) is 5.75 Å². The fourth-order valence-corrected chi connectivity index (χ4v) is 5.27. The second-order valence-corrected chi connectivity index (χ2v) is 9.97. The highest BCUT2D eigenvalue weighted by Crippen LogP contribution is 2.27. The molecule has 0 spiro atoms. The predicted octanol–water partition coefficient (Wildman–Crippen LogP) is 5.97. The lowest BCUT2D eigenvalue weighted by molar-refractivity contribution is 0.0767. The number of aryl methyl sites for hydroxylation is 2. The lowest BCUT2D eigenvalue weighted by Gasteiger charge is -2.26. The Morgan fingerprint density at radius 3 is 2.26 bits per heavy atom. The number of ether oxygens (including phenoxy) is 1. The molecule has 0 saturated carbocycles. The number of rotatable bonds is 7. The van der Waals surface area contributed by atoms with Crippen molar-refractivity contribution in [2.24, 2.45) is 0 Å². The zero-order chi connectivity index (χ0) is 27.2. The summed E-state index contributed by atoms with van der Waals surface area (Å²) in [4.78, 5) is 27.5. The van der Waals surface area contributed by atoms with Gasteiger partial charge in [-0.15, -0.1) is 0 Å². The molecule has 0 aliphatic carbocycles. The van der Waals surface area contributed by atoms with Crippen molar-refractivity contribution in [2.75, 3.05) is 38.2 Å². The third-order valence-electron chi connectivity index (χ3n) is 7.38. The highest BCUT2D eigenvalue weighted by atomic mass is 16.5. The van der Waals surface area contributed by atoms with Crippen LogP contribution in [0.4, 0.5) is 5.82 Å². The normalized spacial score (nSPS) is 13.7. The third kappa shape index (κ3) is 6.11. The number of hydrogen-bond donors (Lipinski definition) is 0. The summed E-state index contributed by atoms with van der Waals surface area (Å²) in [7, 11) is 1.68. The minimum atomic E-state index is 0.0861. The maximum atomic E-state index is 13.4. The van der Waals surface area contributed by atoms with Crippen LogP contribution in [0.15, 0.2) is 78.9 Å². The van der Waals surface area contributed by atoms with Gasteiger partial charge in [-0.3, -0.25) is 4.79 Å². The van der Waals surface area contributed by atoms with Crippen LogP contribution in [0, 0.1) is 6.92 Å². The van der Waals surface area contributed by atoms with Gasteiger partial charge < -0.3 is 14.5 Å². The van der Waals surface area contributed by atoms with Crippen molar-refractivity contribution in [1.82, 2.24) is 14.9 Å². The molecule has 4 aromatic rings. The first-order valence-corrected chi connectivity index (χ1v) is 13.7. The van der Waals surface area contributed by atoms with E-state index in [0.717, 1.165) is 78.7 Å². The molecule has 5 rings (SSSR count). The van der Waals surface area contributed by atoms with E-state index in [1.807, 2.05) is 66.4 Å². The van der Waals surface area contributed by atoms with Crippen molar-refractivity contribution in [2.45, 2.75) is 33.1 Å². The Bertz CT molecular complexity index is 1400. The van der Waals surface area contributed by atoms with Crippen molar-refractivity contribution >= 4 is 11.7 Å². The lowest BCUT2D eigenvalue weighted by Crippen LogP contribution is -2.35. The Balaban J connectivity index is 1.33. The second kappa shape index (κ2) is 12.1. The standard InChI is InChI=1S/C33H36N4O2/c1-4-31-30(23-25-11-17-29(39-3)18-12-25)32(35-24(2)34-31)36-19-8-20-37(22-21-36)33(38)28-15-13-27(14-16-28)26-9-6-5-7-10-26/h5-7,9-18H,4,8,19-23H2,1-3H3. The number of aromatic nitrogens is 2. The molecule has 1 amide bonds. The minimum absolute atomic E-state index is 0.0861. The van der Waals surface area contributed by atoms with E-state index in [2.05, 4.69) is 36.1 Å². The van der Waals surface area contributed by atoms with Gasteiger partial charge in [0.25, 0.3) is 5.91 Å². The number of carbonyl (C=O) groups excluding carboxylic acids is 1. The van der Waals surface area contributed by atoms with Gasteiger partial charge in [0, 0.05) is 49.4 Å². The average molecular weight is 521 g/mol. The fraction of sp³-hybridized carbons (Fsp3) is 0.303. The maximum absolute atomic E-state index is 13.4. The van der Waals surface area contributed by atoms with E-state index in [0.29, 0.717) is 6.54 Å². The molecule has 1 saturated heterocycles.